The molecular weight excluding hydrogens is 190 g/mol. The fraction of sp³-hybridized carbons (Fsp3) is 0.917. The molecule has 1 amide bonds. The molecule has 1 aliphatic heterocycles. The van der Waals surface area contributed by atoms with Gasteiger partial charge in [-0.1, -0.05) is 13.3 Å². The van der Waals surface area contributed by atoms with Gasteiger partial charge in [-0.3, -0.25) is 4.79 Å². The van der Waals surface area contributed by atoms with E-state index in [2.05, 4.69) is 6.92 Å². The minimum Gasteiger partial charge on any atom is -0.391 e. The first-order chi connectivity index (χ1) is 7.20. The van der Waals surface area contributed by atoms with Crippen LogP contribution in [0.5, 0.6) is 0 Å². The summed E-state index contributed by atoms with van der Waals surface area (Å²) in [7, 11) is 0. The van der Waals surface area contributed by atoms with Crippen LogP contribution in [-0.4, -0.2) is 35.1 Å². The summed E-state index contributed by atoms with van der Waals surface area (Å²) in [4.78, 5) is 13.5. The molecule has 2 unspecified atom stereocenters. The quantitative estimate of drug-likeness (QED) is 0.747. The molecule has 0 aromatic carbocycles. The third-order valence-electron chi connectivity index (χ3n) is 3.57. The summed E-state index contributed by atoms with van der Waals surface area (Å²) in [6.45, 7) is 3.60. The Labute approximate surface area is 91.5 Å². The van der Waals surface area contributed by atoms with Gasteiger partial charge < -0.3 is 10.0 Å². The summed E-state index contributed by atoms with van der Waals surface area (Å²) in [6, 6.07) is 0. The van der Waals surface area contributed by atoms with Gasteiger partial charge in [-0.05, 0) is 31.1 Å². The second-order valence-electron chi connectivity index (χ2n) is 5.06. The van der Waals surface area contributed by atoms with Crippen molar-refractivity contribution in [3.05, 3.63) is 0 Å². The molecule has 1 saturated carbocycles. The van der Waals surface area contributed by atoms with Crippen molar-refractivity contribution in [3.63, 3.8) is 0 Å². The Bertz CT molecular complexity index is 238. The number of carbonyl (C=O) groups excluding carboxylic acids is 1. The van der Waals surface area contributed by atoms with Crippen LogP contribution in [0.15, 0.2) is 0 Å². The maximum atomic E-state index is 11.7. The Hall–Kier alpha value is -0.570. The molecular formula is C12H21NO2. The molecule has 0 aromatic rings. The second-order valence-corrected chi connectivity index (χ2v) is 5.06. The molecule has 0 spiro atoms. The van der Waals surface area contributed by atoms with Crippen LogP contribution in [0.4, 0.5) is 0 Å². The van der Waals surface area contributed by atoms with Crippen LogP contribution in [0, 0.1) is 11.8 Å². The van der Waals surface area contributed by atoms with Gasteiger partial charge in [0, 0.05) is 19.5 Å². The summed E-state index contributed by atoms with van der Waals surface area (Å²) in [5.74, 6) is 1.25. The number of amides is 1. The van der Waals surface area contributed by atoms with Crippen molar-refractivity contribution in [2.24, 2.45) is 11.8 Å². The van der Waals surface area contributed by atoms with E-state index in [-0.39, 0.29) is 12.0 Å². The van der Waals surface area contributed by atoms with E-state index in [9.17, 15) is 9.90 Å². The minimum atomic E-state index is -0.269. The van der Waals surface area contributed by atoms with Crippen LogP contribution in [0.25, 0.3) is 0 Å². The van der Waals surface area contributed by atoms with Crippen LogP contribution >= 0.6 is 0 Å². The van der Waals surface area contributed by atoms with E-state index in [4.69, 9.17) is 0 Å². The predicted octanol–water partition coefficient (Wildman–Crippen LogP) is 1.41. The molecule has 86 valence electrons. The van der Waals surface area contributed by atoms with Gasteiger partial charge in [-0.15, -0.1) is 0 Å². The van der Waals surface area contributed by atoms with E-state index < -0.39 is 0 Å². The highest BCUT2D eigenvalue weighted by atomic mass is 16.3. The molecule has 3 nitrogen and oxygen atoms in total. The first-order valence-corrected chi connectivity index (χ1v) is 6.16. The highest BCUT2D eigenvalue weighted by molar-refractivity contribution is 5.78. The molecule has 1 saturated heterocycles. The first kappa shape index (κ1) is 10.9. The zero-order valence-electron chi connectivity index (χ0n) is 9.48. The van der Waals surface area contributed by atoms with Crippen molar-refractivity contribution in [2.75, 3.05) is 13.1 Å². The van der Waals surface area contributed by atoms with Crippen LogP contribution in [0.2, 0.25) is 0 Å². The Kier molecular flexibility index (Phi) is 3.29. The lowest BCUT2D eigenvalue weighted by Gasteiger charge is -2.20. The van der Waals surface area contributed by atoms with Crippen molar-refractivity contribution in [3.8, 4) is 0 Å². The topological polar surface area (TPSA) is 40.5 Å². The summed E-state index contributed by atoms with van der Waals surface area (Å²) in [5.41, 5.74) is 0. The number of carbonyl (C=O) groups is 1. The summed E-state index contributed by atoms with van der Waals surface area (Å²) in [5, 5.41) is 9.79. The summed E-state index contributed by atoms with van der Waals surface area (Å²) >= 11 is 0. The fourth-order valence-corrected chi connectivity index (χ4v) is 2.49. The van der Waals surface area contributed by atoms with Gasteiger partial charge in [-0.2, -0.15) is 0 Å². The van der Waals surface area contributed by atoms with Crippen molar-refractivity contribution >= 4 is 5.91 Å². The number of hydrogen-bond donors (Lipinski definition) is 1. The number of aliphatic hydroxyl groups excluding tert-OH is 1. The Morgan fingerprint density at radius 1 is 1.53 bits per heavy atom. The van der Waals surface area contributed by atoms with Crippen molar-refractivity contribution < 1.29 is 9.90 Å². The van der Waals surface area contributed by atoms with Gasteiger partial charge in [0.15, 0.2) is 0 Å². The lowest BCUT2D eigenvalue weighted by atomic mass is 10.0. The van der Waals surface area contributed by atoms with Crippen molar-refractivity contribution in [1.29, 1.82) is 0 Å². The fourth-order valence-electron chi connectivity index (χ4n) is 2.49. The Balaban J connectivity index is 1.79. The van der Waals surface area contributed by atoms with E-state index in [0.717, 1.165) is 32.2 Å². The molecule has 15 heavy (non-hydrogen) atoms. The molecule has 2 atom stereocenters. The smallest absolute Gasteiger partial charge is 0.223 e. The minimum absolute atomic E-state index is 0.244. The molecule has 0 bridgehead atoms. The molecule has 1 heterocycles. The molecule has 2 aliphatic rings. The monoisotopic (exact) mass is 211 g/mol. The summed E-state index contributed by atoms with van der Waals surface area (Å²) in [6.07, 6.45) is 5.00. The molecule has 2 fully saturated rings. The van der Waals surface area contributed by atoms with Gasteiger partial charge in [0.1, 0.15) is 0 Å². The van der Waals surface area contributed by atoms with Crippen LogP contribution in [-0.2, 0) is 4.79 Å². The molecule has 0 radical (unpaired) electrons. The standard InChI is InChI=1S/C12H21NO2/c1-2-3-9-6-12(15)13(7-9)8-11(14)10-4-5-10/h9-11,14H,2-8H2,1H3. The molecule has 1 N–H and O–H groups in total. The Morgan fingerprint density at radius 2 is 2.27 bits per heavy atom. The maximum absolute atomic E-state index is 11.7. The predicted molar refractivity (Wildman–Crippen MR) is 58.3 cm³/mol. The summed E-state index contributed by atoms with van der Waals surface area (Å²) < 4.78 is 0. The number of likely N-dealkylation sites (tertiary alicyclic amines) is 1. The molecule has 0 aromatic heterocycles. The lowest BCUT2D eigenvalue weighted by molar-refractivity contribution is -0.129. The average molecular weight is 211 g/mol. The number of aliphatic hydroxyl groups is 1. The maximum Gasteiger partial charge on any atom is 0.223 e. The van der Waals surface area contributed by atoms with Crippen LogP contribution < -0.4 is 0 Å². The largest absolute Gasteiger partial charge is 0.391 e. The Morgan fingerprint density at radius 3 is 2.87 bits per heavy atom. The van der Waals surface area contributed by atoms with Gasteiger partial charge in [0.2, 0.25) is 5.91 Å². The zero-order valence-corrected chi connectivity index (χ0v) is 9.48. The third-order valence-corrected chi connectivity index (χ3v) is 3.57. The van der Waals surface area contributed by atoms with Crippen molar-refractivity contribution in [1.82, 2.24) is 4.90 Å². The van der Waals surface area contributed by atoms with Crippen LogP contribution in [0.3, 0.4) is 0 Å². The third kappa shape index (κ3) is 2.71. The van der Waals surface area contributed by atoms with E-state index in [0.29, 0.717) is 24.8 Å². The highest BCUT2D eigenvalue weighted by Crippen LogP contribution is 2.33. The number of hydrogen-bond acceptors (Lipinski definition) is 2. The molecule has 3 heteroatoms. The van der Waals surface area contributed by atoms with Crippen LogP contribution in [0.1, 0.15) is 39.0 Å². The van der Waals surface area contributed by atoms with Gasteiger partial charge in [0.25, 0.3) is 0 Å². The van der Waals surface area contributed by atoms with Gasteiger partial charge in [0.05, 0.1) is 6.10 Å². The molecule has 1 aliphatic carbocycles. The van der Waals surface area contributed by atoms with E-state index in [1.165, 1.54) is 0 Å². The average Bonchev–Trinajstić information content (AvgIpc) is 2.95. The lowest BCUT2D eigenvalue weighted by Crippen LogP contribution is -2.34. The number of β-amino-alcohol motifs (C(OH)–C–C–N with tert-alkyl or cyclic N) is 1. The SMILES string of the molecule is CCCC1CC(=O)N(CC(O)C2CC2)C1. The van der Waals surface area contributed by atoms with Gasteiger partial charge in [-0.25, -0.2) is 0 Å². The van der Waals surface area contributed by atoms with E-state index >= 15 is 0 Å². The van der Waals surface area contributed by atoms with E-state index in [1.807, 2.05) is 4.90 Å². The van der Waals surface area contributed by atoms with Crippen molar-refractivity contribution in [2.45, 2.75) is 45.1 Å². The van der Waals surface area contributed by atoms with Gasteiger partial charge >= 0.3 is 0 Å². The number of nitrogens with zero attached hydrogens (tertiary/aromatic N) is 1. The number of rotatable bonds is 5. The first-order valence-electron chi connectivity index (χ1n) is 6.16. The normalized spacial score (nSPS) is 28.5. The highest BCUT2D eigenvalue weighted by Gasteiger charge is 2.35. The zero-order chi connectivity index (χ0) is 10.8. The second kappa shape index (κ2) is 4.52. The van der Waals surface area contributed by atoms with E-state index in [1.54, 1.807) is 0 Å². The molecule has 2 rings (SSSR count).